The number of carbonyl (C=O) groups is 1. The zero-order chi connectivity index (χ0) is 14.6. The van der Waals surface area contributed by atoms with E-state index >= 15 is 0 Å². The number of likely N-dealkylation sites (N-methyl/N-ethyl adjacent to an activating group) is 1. The molecule has 6 heteroatoms. The standard InChI is InChI=1S/C14H21N3O3/c1-17(10-14(19)6-8-20-9-7-14)13(18)11-4-2-3-5-12(11)16-15/h2-5,16,19H,6-10,15H2,1H3. The van der Waals surface area contributed by atoms with Crippen LogP contribution in [0.25, 0.3) is 0 Å². The lowest BCUT2D eigenvalue weighted by Crippen LogP contribution is -2.47. The van der Waals surface area contributed by atoms with E-state index in [1.54, 1.807) is 31.3 Å². The van der Waals surface area contributed by atoms with Crippen molar-refractivity contribution in [1.29, 1.82) is 0 Å². The normalized spacial score (nSPS) is 17.6. The molecule has 1 aliphatic rings. The van der Waals surface area contributed by atoms with Crippen molar-refractivity contribution in [3.8, 4) is 0 Å². The first kappa shape index (κ1) is 14.8. The van der Waals surface area contributed by atoms with Gasteiger partial charge in [-0.25, -0.2) is 0 Å². The number of hydrogen-bond acceptors (Lipinski definition) is 5. The van der Waals surface area contributed by atoms with Crippen LogP contribution >= 0.6 is 0 Å². The largest absolute Gasteiger partial charge is 0.388 e. The first-order chi connectivity index (χ1) is 9.56. The number of rotatable bonds is 4. The molecule has 0 unspecified atom stereocenters. The summed E-state index contributed by atoms with van der Waals surface area (Å²) in [6.45, 7) is 1.34. The van der Waals surface area contributed by atoms with Gasteiger partial charge in [0, 0.05) is 39.6 Å². The van der Waals surface area contributed by atoms with E-state index in [1.165, 1.54) is 4.90 Å². The molecule has 1 aromatic rings. The Balaban J connectivity index is 2.08. The van der Waals surface area contributed by atoms with Crippen molar-refractivity contribution in [2.24, 2.45) is 5.84 Å². The van der Waals surface area contributed by atoms with E-state index in [1.807, 2.05) is 0 Å². The number of benzene rings is 1. The average Bonchev–Trinajstić information content (AvgIpc) is 2.46. The summed E-state index contributed by atoms with van der Waals surface area (Å²) in [6, 6.07) is 7.04. The van der Waals surface area contributed by atoms with Gasteiger partial charge in [0.15, 0.2) is 0 Å². The van der Waals surface area contributed by atoms with E-state index < -0.39 is 5.60 Å². The minimum absolute atomic E-state index is 0.168. The van der Waals surface area contributed by atoms with Gasteiger partial charge in [-0.15, -0.1) is 0 Å². The van der Waals surface area contributed by atoms with Crippen LogP contribution in [0.4, 0.5) is 5.69 Å². The van der Waals surface area contributed by atoms with E-state index in [4.69, 9.17) is 10.6 Å². The van der Waals surface area contributed by atoms with Crippen LogP contribution in [0.3, 0.4) is 0 Å². The van der Waals surface area contributed by atoms with Crippen LogP contribution in [-0.4, -0.2) is 48.3 Å². The SMILES string of the molecule is CN(CC1(O)CCOCC1)C(=O)c1ccccc1NN. The molecule has 1 fully saturated rings. The number of nitrogens with zero attached hydrogens (tertiary/aromatic N) is 1. The van der Waals surface area contributed by atoms with Crippen molar-refractivity contribution in [3.05, 3.63) is 29.8 Å². The Labute approximate surface area is 118 Å². The molecule has 2 rings (SSSR count). The molecule has 0 atom stereocenters. The maximum atomic E-state index is 12.4. The molecule has 0 aliphatic carbocycles. The smallest absolute Gasteiger partial charge is 0.255 e. The fourth-order valence-electron chi connectivity index (χ4n) is 2.42. The van der Waals surface area contributed by atoms with Gasteiger partial charge in [-0.2, -0.15) is 0 Å². The highest BCUT2D eigenvalue weighted by Crippen LogP contribution is 2.23. The zero-order valence-electron chi connectivity index (χ0n) is 11.6. The average molecular weight is 279 g/mol. The second-order valence-corrected chi connectivity index (χ2v) is 5.19. The lowest BCUT2D eigenvalue weighted by Gasteiger charge is -2.35. The number of ether oxygens (including phenoxy) is 1. The van der Waals surface area contributed by atoms with Crippen LogP contribution in [-0.2, 0) is 4.74 Å². The number of amides is 1. The van der Waals surface area contributed by atoms with Gasteiger partial charge in [0.05, 0.1) is 16.9 Å². The highest BCUT2D eigenvalue weighted by atomic mass is 16.5. The van der Waals surface area contributed by atoms with E-state index in [9.17, 15) is 9.90 Å². The lowest BCUT2D eigenvalue weighted by atomic mass is 9.93. The second kappa shape index (κ2) is 6.21. The van der Waals surface area contributed by atoms with Crippen LogP contribution in [0.1, 0.15) is 23.2 Å². The molecule has 0 saturated carbocycles. The van der Waals surface area contributed by atoms with Gasteiger partial charge in [-0.3, -0.25) is 10.6 Å². The van der Waals surface area contributed by atoms with Crippen LogP contribution < -0.4 is 11.3 Å². The van der Waals surface area contributed by atoms with Crippen molar-refractivity contribution in [1.82, 2.24) is 4.90 Å². The van der Waals surface area contributed by atoms with Gasteiger partial charge in [0.1, 0.15) is 0 Å². The molecule has 20 heavy (non-hydrogen) atoms. The molecule has 0 aromatic heterocycles. The molecule has 6 nitrogen and oxygen atoms in total. The van der Waals surface area contributed by atoms with Gasteiger partial charge in [-0.1, -0.05) is 12.1 Å². The van der Waals surface area contributed by atoms with Gasteiger partial charge in [0.2, 0.25) is 0 Å². The molecule has 0 spiro atoms. The van der Waals surface area contributed by atoms with Crippen molar-refractivity contribution < 1.29 is 14.6 Å². The summed E-state index contributed by atoms with van der Waals surface area (Å²) in [4.78, 5) is 14.0. The van der Waals surface area contributed by atoms with Crippen LogP contribution in [0.2, 0.25) is 0 Å². The number of hydrazine groups is 1. The summed E-state index contributed by atoms with van der Waals surface area (Å²) >= 11 is 0. The predicted octanol–water partition coefficient (Wildman–Crippen LogP) is 0.586. The van der Waals surface area contributed by atoms with E-state index in [0.29, 0.717) is 37.3 Å². The van der Waals surface area contributed by atoms with Crippen molar-refractivity contribution in [3.63, 3.8) is 0 Å². The molecule has 1 heterocycles. The van der Waals surface area contributed by atoms with E-state index in [-0.39, 0.29) is 12.5 Å². The van der Waals surface area contributed by atoms with Crippen molar-refractivity contribution in [2.75, 3.05) is 32.2 Å². The topological polar surface area (TPSA) is 87.8 Å². The Morgan fingerprint density at radius 3 is 2.75 bits per heavy atom. The van der Waals surface area contributed by atoms with Gasteiger partial charge >= 0.3 is 0 Å². The number of nitrogen functional groups attached to an aromatic ring is 1. The van der Waals surface area contributed by atoms with Crippen molar-refractivity contribution in [2.45, 2.75) is 18.4 Å². The summed E-state index contributed by atoms with van der Waals surface area (Å²) in [5, 5.41) is 10.4. The highest BCUT2D eigenvalue weighted by molar-refractivity contribution is 5.99. The van der Waals surface area contributed by atoms with Gasteiger partial charge < -0.3 is 20.2 Å². The Bertz CT molecular complexity index is 472. The maximum absolute atomic E-state index is 12.4. The fourth-order valence-corrected chi connectivity index (χ4v) is 2.42. The molecule has 1 aromatic carbocycles. The first-order valence-electron chi connectivity index (χ1n) is 6.67. The number of nitrogens with two attached hydrogens (primary N) is 1. The highest BCUT2D eigenvalue weighted by Gasteiger charge is 2.32. The third kappa shape index (κ3) is 3.27. The molecule has 1 amide bonds. The van der Waals surface area contributed by atoms with Crippen LogP contribution in [0.15, 0.2) is 24.3 Å². The van der Waals surface area contributed by atoms with Crippen molar-refractivity contribution >= 4 is 11.6 Å². The summed E-state index contributed by atoms with van der Waals surface area (Å²) in [6.07, 6.45) is 1.09. The minimum Gasteiger partial charge on any atom is -0.388 e. The first-order valence-corrected chi connectivity index (χ1v) is 6.67. The van der Waals surface area contributed by atoms with Gasteiger partial charge in [0.25, 0.3) is 5.91 Å². The molecule has 1 saturated heterocycles. The molecule has 0 bridgehead atoms. The van der Waals surface area contributed by atoms with Crippen LogP contribution in [0, 0.1) is 0 Å². The summed E-state index contributed by atoms with van der Waals surface area (Å²) < 4.78 is 5.24. The van der Waals surface area contributed by atoms with E-state index in [0.717, 1.165) is 0 Å². The molecular formula is C14H21N3O3. The third-order valence-electron chi connectivity index (χ3n) is 3.61. The van der Waals surface area contributed by atoms with E-state index in [2.05, 4.69) is 5.43 Å². The number of carbonyl (C=O) groups excluding carboxylic acids is 1. The summed E-state index contributed by atoms with van der Waals surface area (Å²) in [7, 11) is 1.68. The summed E-state index contributed by atoms with van der Waals surface area (Å²) in [5.74, 6) is 5.24. The number of aliphatic hydroxyl groups is 1. The molecule has 0 radical (unpaired) electrons. The molecule has 4 N–H and O–H groups in total. The predicted molar refractivity (Wildman–Crippen MR) is 76.2 cm³/mol. The maximum Gasteiger partial charge on any atom is 0.255 e. The number of anilines is 1. The lowest BCUT2D eigenvalue weighted by molar-refractivity contribution is -0.0734. The Kier molecular flexibility index (Phi) is 4.59. The fraction of sp³-hybridized carbons (Fsp3) is 0.500. The molecular weight excluding hydrogens is 258 g/mol. The summed E-state index contributed by atoms with van der Waals surface area (Å²) in [5.41, 5.74) is 2.71. The Hall–Kier alpha value is -1.63. The third-order valence-corrected chi connectivity index (χ3v) is 3.61. The monoisotopic (exact) mass is 279 g/mol. The number of para-hydroxylation sites is 1. The number of nitrogens with one attached hydrogen (secondary N) is 1. The second-order valence-electron chi connectivity index (χ2n) is 5.19. The minimum atomic E-state index is -0.867. The Morgan fingerprint density at radius 2 is 2.10 bits per heavy atom. The zero-order valence-corrected chi connectivity index (χ0v) is 11.6. The Morgan fingerprint density at radius 1 is 1.45 bits per heavy atom. The molecule has 110 valence electrons. The quantitative estimate of drug-likeness (QED) is 0.554. The number of hydrogen-bond donors (Lipinski definition) is 3. The van der Waals surface area contributed by atoms with Gasteiger partial charge in [-0.05, 0) is 12.1 Å². The van der Waals surface area contributed by atoms with Crippen LogP contribution in [0.5, 0.6) is 0 Å². The molecule has 1 aliphatic heterocycles.